The number of carbonyl (C=O) groups excluding carboxylic acids is 1. The smallest absolute Gasteiger partial charge is 0.275 e. The number of fused-ring (bicyclic) bond motifs is 6. The van der Waals surface area contributed by atoms with Gasteiger partial charge in [-0.2, -0.15) is 0 Å². The molecule has 0 aliphatic carbocycles. The van der Waals surface area contributed by atoms with Crippen LogP contribution in [0.4, 0.5) is 5.69 Å². The highest BCUT2D eigenvalue weighted by atomic mass is 79.9. The first-order valence-corrected chi connectivity index (χ1v) is 13.9. The molecule has 4 aromatic carbocycles. The van der Waals surface area contributed by atoms with Gasteiger partial charge in [-0.15, -0.1) is 0 Å². The van der Waals surface area contributed by atoms with E-state index in [-0.39, 0.29) is 22.9 Å². The van der Waals surface area contributed by atoms with Crippen LogP contribution in [0.25, 0.3) is 44.0 Å². The normalized spacial score (nSPS) is 11.6. The summed E-state index contributed by atoms with van der Waals surface area (Å²) in [5.41, 5.74) is 4.55. The van der Waals surface area contributed by atoms with Crippen LogP contribution in [-0.2, 0) is 11.3 Å². The van der Waals surface area contributed by atoms with Gasteiger partial charge in [-0.25, -0.2) is 4.98 Å². The van der Waals surface area contributed by atoms with Gasteiger partial charge in [0.1, 0.15) is 5.82 Å². The van der Waals surface area contributed by atoms with Gasteiger partial charge in [0.2, 0.25) is 0 Å². The molecule has 0 aliphatic rings. The Labute approximate surface area is 248 Å². The van der Waals surface area contributed by atoms with Crippen LogP contribution in [0.5, 0.6) is 0 Å². The van der Waals surface area contributed by atoms with E-state index in [0.717, 1.165) is 42.8 Å². The molecule has 0 atom stereocenters. The molecule has 0 aliphatic heterocycles. The fourth-order valence-corrected chi connectivity index (χ4v) is 5.64. The number of quaternary nitrogens is 1. The third-order valence-electron chi connectivity index (χ3n) is 7.60. The molecule has 1 N–H and O–H groups in total. The third-order valence-corrected chi connectivity index (χ3v) is 7.60. The number of amides is 1. The molecule has 1 heterocycles. The third kappa shape index (κ3) is 6.01. The molecule has 40 heavy (non-hydrogen) atoms. The number of halogens is 1. The zero-order chi connectivity index (χ0) is 27.6. The zero-order valence-corrected chi connectivity index (χ0v) is 25.8. The van der Waals surface area contributed by atoms with E-state index < -0.39 is 0 Å². The summed E-state index contributed by atoms with van der Waals surface area (Å²) in [6, 6.07) is 26.0. The predicted molar refractivity (Wildman–Crippen MR) is 164 cm³/mol. The minimum atomic E-state index is 0. The van der Waals surface area contributed by atoms with Crippen LogP contribution >= 0.6 is 0 Å². The van der Waals surface area contributed by atoms with Crippen molar-refractivity contribution in [2.45, 2.75) is 26.3 Å². The van der Waals surface area contributed by atoms with Crippen molar-refractivity contribution in [1.29, 1.82) is 0 Å². The van der Waals surface area contributed by atoms with Gasteiger partial charge in [-0.05, 0) is 54.8 Å². The quantitative estimate of drug-likeness (QED) is 0.152. The van der Waals surface area contributed by atoms with Crippen molar-refractivity contribution in [2.75, 3.05) is 52.7 Å². The number of carbonyl (C=O) groups is 1. The van der Waals surface area contributed by atoms with Gasteiger partial charge < -0.3 is 36.2 Å². The number of likely N-dealkylation sites (N-methyl/N-ethyl adjacent to an activating group) is 2. The fourth-order valence-electron chi connectivity index (χ4n) is 5.64. The van der Waals surface area contributed by atoms with E-state index in [0.29, 0.717) is 17.6 Å². The number of nitrogens with one attached hydrogen (secondary N) is 1. The maximum absolute atomic E-state index is 12.2. The molecule has 6 nitrogen and oxygen atoms in total. The fraction of sp³-hybridized carbons (Fsp3) is 0.333. The number of benzene rings is 4. The van der Waals surface area contributed by atoms with Crippen molar-refractivity contribution in [3.63, 3.8) is 0 Å². The minimum Gasteiger partial charge on any atom is -1.00 e. The summed E-state index contributed by atoms with van der Waals surface area (Å²) in [5, 5.41) is 7.86. The first kappa shape index (κ1) is 29.6. The summed E-state index contributed by atoms with van der Waals surface area (Å²) in [7, 11) is 8.40. The van der Waals surface area contributed by atoms with Crippen LogP contribution in [0.3, 0.4) is 0 Å². The molecule has 0 spiro atoms. The van der Waals surface area contributed by atoms with E-state index in [1.54, 1.807) is 0 Å². The lowest BCUT2D eigenvalue weighted by Gasteiger charge is -2.29. The standard InChI is InChI=1S/C33H39N5O.BrH/c1-6-34-30(39)23-38(4,5)22-12-11-21-37-32-29-16-10-8-14-27(29)26-13-7-9-15-28(26)31(32)35-33(37)24-17-19-25(20-18-24)36(2)3;/h7-10,13-20H,6,11-12,21-23H2,1-5H3;1H. The van der Waals surface area contributed by atoms with E-state index in [1.165, 1.54) is 32.7 Å². The number of aromatic nitrogens is 2. The Bertz CT molecular complexity index is 1620. The molecule has 7 heteroatoms. The number of unbranched alkanes of at least 4 members (excludes halogenated alkanes) is 1. The second-order valence-electron chi connectivity index (χ2n) is 11.3. The van der Waals surface area contributed by atoms with Gasteiger partial charge in [0.15, 0.2) is 6.54 Å². The van der Waals surface area contributed by atoms with Crippen LogP contribution in [-0.4, -0.2) is 67.8 Å². The first-order chi connectivity index (χ1) is 18.8. The summed E-state index contributed by atoms with van der Waals surface area (Å²) < 4.78 is 3.11. The van der Waals surface area contributed by atoms with Crippen LogP contribution in [0.2, 0.25) is 0 Å². The number of hydrogen-bond donors (Lipinski definition) is 1. The minimum absolute atomic E-state index is 0. The largest absolute Gasteiger partial charge is 1.00 e. The highest BCUT2D eigenvalue weighted by molar-refractivity contribution is 6.23. The molecular formula is C33H40BrN5O. The summed E-state index contributed by atoms with van der Waals surface area (Å²) in [5.74, 6) is 1.12. The van der Waals surface area contributed by atoms with Crippen molar-refractivity contribution in [3.8, 4) is 11.4 Å². The average molecular weight is 603 g/mol. The van der Waals surface area contributed by atoms with Crippen LogP contribution in [0.1, 0.15) is 19.8 Å². The Morgan fingerprint density at radius 3 is 2.10 bits per heavy atom. The monoisotopic (exact) mass is 601 g/mol. The molecule has 0 bridgehead atoms. The molecule has 1 amide bonds. The van der Waals surface area contributed by atoms with E-state index in [2.05, 4.69) is 116 Å². The predicted octanol–water partition coefficient (Wildman–Crippen LogP) is 3.07. The SMILES string of the molecule is CCNC(=O)C[N+](C)(C)CCCCn1c(-c2ccc(N(C)C)cc2)nc2c3ccccc3c3ccccc3c21.[Br-]. The zero-order valence-electron chi connectivity index (χ0n) is 24.2. The number of anilines is 1. The molecule has 0 saturated carbocycles. The van der Waals surface area contributed by atoms with Crippen molar-refractivity contribution < 1.29 is 26.3 Å². The van der Waals surface area contributed by atoms with Crippen LogP contribution < -0.4 is 27.2 Å². The van der Waals surface area contributed by atoms with E-state index in [4.69, 9.17) is 4.98 Å². The van der Waals surface area contributed by atoms with Crippen molar-refractivity contribution >= 4 is 44.2 Å². The van der Waals surface area contributed by atoms with Crippen molar-refractivity contribution in [3.05, 3.63) is 72.8 Å². The highest BCUT2D eigenvalue weighted by Crippen LogP contribution is 2.37. The van der Waals surface area contributed by atoms with Crippen LogP contribution in [0, 0.1) is 0 Å². The Balaban J connectivity index is 0.00000370. The molecular weight excluding hydrogens is 562 g/mol. The topological polar surface area (TPSA) is 50.2 Å². The number of rotatable bonds is 10. The first-order valence-electron chi connectivity index (χ1n) is 13.9. The van der Waals surface area contributed by atoms with Crippen molar-refractivity contribution in [2.24, 2.45) is 0 Å². The van der Waals surface area contributed by atoms with E-state index in [1.807, 2.05) is 6.92 Å². The van der Waals surface area contributed by atoms with Gasteiger partial charge in [-0.1, -0.05) is 48.5 Å². The lowest BCUT2D eigenvalue weighted by molar-refractivity contribution is -0.882. The Morgan fingerprint density at radius 2 is 1.48 bits per heavy atom. The molecule has 210 valence electrons. The average Bonchev–Trinajstić information content (AvgIpc) is 3.31. The van der Waals surface area contributed by atoms with Gasteiger partial charge >= 0.3 is 0 Å². The summed E-state index contributed by atoms with van der Waals surface area (Å²) in [6.07, 6.45) is 2.03. The second-order valence-corrected chi connectivity index (χ2v) is 11.3. The highest BCUT2D eigenvalue weighted by Gasteiger charge is 2.21. The number of aryl methyl sites for hydroxylation is 1. The molecule has 0 radical (unpaired) electrons. The van der Waals surface area contributed by atoms with E-state index >= 15 is 0 Å². The molecule has 0 saturated heterocycles. The Morgan fingerprint density at radius 1 is 0.875 bits per heavy atom. The van der Waals surface area contributed by atoms with Gasteiger partial charge in [-0.3, -0.25) is 4.79 Å². The molecule has 1 aromatic heterocycles. The molecule has 5 aromatic rings. The van der Waals surface area contributed by atoms with E-state index in [9.17, 15) is 4.79 Å². The number of hydrogen-bond acceptors (Lipinski definition) is 3. The summed E-state index contributed by atoms with van der Waals surface area (Å²) in [6.45, 7) is 4.95. The molecule has 0 fully saturated rings. The number of imidazole rings is 1. The Hall–Kier alpha value is -3.42. The second kappa shape index (κ2) is 12.4. The molecule has 5 rings (SSSR count). The summed E-state index contributed by atoms with van der Waals surface area (Å²) >= 11 is 0. The maximum atomic E-state index is 12.2. The lowest BCUT2D eigenvalue weighted by Crippen LogP contribution is -3.00. The van der Waals surface area contributed by atoms with Gasteiger partial charge in [0, 0.05) is 49.2 Å². The molecule has 0 unspecified atom stereocenters. The van der Waals surface area contributed by atoms with Gasteiger partial charge in [0.25, 0.3) is 5.91 Å². The van der Waals surface area contributed by atoms with Crippen LogP contribution in [0.15, 0.2) is 72.8 Å². The number of nitrogens with zero attached hydrogens (tertiary/aromatic N) is 4. The Kier molecular flexibility index (Phi) is 9.16. The maximum Gasteiger partial charge on any atom is 0.275 e. The van der Waals surface area contributed by atoms with Gasteiger partial charge in [0.05, 0.1) is 31.7 Å². The lowest BCUT2D eigenvalue weighted by atomic mass is 10.00. The summed E-state index contributed by atoms with van der Waals surface area (Å²) in [4.78, 5) is 19.6. The van der Waals surface area contributed by atoms with Crippen molar-refractivity contribution in [1.82, 2.24) is 14.9 Å².